The number of furan rings is 1. The zero-order valence-electron chi connectivity index (χ0n) is 48.2. The van der Waals surface area contributed by atoms with Crippen molar-refractivity contribution in [3.63, 3.8) is 0 Å². The van der Waals surface area contributed by atoms with Crippen LogP contribution >= 0.6 is 22.7 Å². The maximum atomic E-state index is 6.65. The molecule has 5 heterocycles. The van der Waals surface area contributed by atoms with Crippen LogP contribution in [0.2, 0.25) is 0 Å². The average Bonchev–Trinajstić information content (AvgIpc) is 4.16. The van der Waals surface area contributed by atoms with Gasteiger partial charge in [-0.1, -0.05) is 192 Å². The quantitative estimate of drug-likeness (QED) is 0.161. The van der Waals surface area contributed by atoms with Crippen molar-refractivity contribution in [1.29, 1.82) is 0 Å². The number of aromatic nitrogens is 1. The second kappa shape index (κ2) is 18.1. The lowest BCUT2D eigenvalue weighted by Crippen LogP contribution is -2.35. The van der Waals surface area contributed by atoms with Crippen LogP contribution < -0.4 is 15.6 Å². The number of nitrogens with one attached hydrogen (secondary N) is 1. The maximum Gasteiger partial charge on any atom is 0.211 e. The Morgan fingerprint density at radius 2 is 1.07 bits per heavy atom. The number of rotatable bonds is 7. The molecule has 395 valence electrons. The van der Waals surface area contributed by atoms with Crippen LogP contribution in [-0.2, 0) is 28.1 Å². The summed E-state index contributed by atoms with van der Waals surface area (Å²) < 4.78 is 14.4. The van der Waals surface area contributed by atoms with Crippen molar-refractivity contribution in [1.82, 2.24) is 4.57 Å². The average molecular weight is 1080 g/mol. The Morgan fingerprint density at radius 3 is 1.74 bits per heavy atom. The number of hydrogen-bond acceptors (Lipinski definition) is 4. The lowest BCUT2D eigenvalue weighted by atomic mass is 9.63. The molecular weight excluding hydrogens is 1010 g/mol. The largest absolute Gasteiger partial charge is 0.456 e. The van der Waals surface area contributed by atoms with Gasteiger partial charge in [-0.2, -0.15) is 0 Å². The van der Waals surface area contributed by atoms with Crippen molar-refractivity contribution in [2.75, 3.05) is 5.32 Å². The van der Waals surface area contributed by atoms with E-state index >= 15 is 0 Å². The van der Waals surface area contributed by atoms with Crippen LogP contribution in [0.5, 0.6) is 0 Å². The first-order valence-electron chi connectivity index (χ1n) is 28.5. The molecule has 1 aliphatic heterocycles. The topological polar surface area (TPSA) is 30.1 Å². The Balaban J connectivity index is 0.957. The highest BCUT2D eigenvalue weighted by molar-refractivity contribution is 7.29. The summed E-state index contributed by atoms with van der Waals surface area (Å²) in [5.41, 5.74) is 20.9. The van der Waals surface area contributed by atoms with E-state index in [9.17, 15) is 0 Å². The van der Waals surface area contributed by atoms with Gasteiger partial charge in [0.15, 0.2) is 0 Å². The van der Waals surface area contributed by atoms with E-state index in [1.54, 1.807) is 0 Å². The van der Waals surface area contributed by atoms with Gasteiger partial charge in [-0.15, -0.1) is 22.7 Å². The van der Waals surface area contributed by atoms with Crippen molar-refractivity contribution >= 4 is 126 Å². The Labute approximate surface area is 479 Å². The van der Waals surface area contributed by atoms with Gasteiger partial charge in [-0.3, -0.25) is 0 Å². The number of hydrogen-bond donors (Lipinski definition) is 1. The molecule has 4 aromatic heterocycles. The van der Waals surface area contributed by atoms with Gasteiger partial charge in [0.1, 0.15) is 11.2 Å². The van der Waals surface area contributed by atoms with Gasteiger partial charge < -0.3 is 14.3 Å². The second-order valence-electron chi connectivity index (χ2n) is 26.9. The molecule has 1 N–H and O–H groups in total. The summed E-state index contributed by atoms with van der Waals surface area (Å²) in [6.07, 6.45) is 0.905. The van der Waals surface area contributed by atoms with Crippen LogP contribution in [0, 0.1) is 0 Å². The summed E-state index contributed by atoms with van der Waals surface area (Å²) in [6.45, 7) is 27.6. The summed E-state index contributed by atoms with van der Waals surface area (Å²) in [6, 6.07) is 65.2. The maximum absolute atomic E-state index is 6.65. The van der Waals surface area contributed by atoms with Crippen molar-refractivity contribution in [3.05, 3.63) is 209 Å². The van der Waals surface area contributed by atoms with Gasteiger partial charge in [0.2, 0.25) is 7.28 Å². The summed E-state index contributed by atoms with van der Waals surface area (Å²) in [4.78, 5) is 0. The number of para-hydroxylation sites is 1. The van der Waals surface area contributed by atoms with E-state index in [2.05, 4.69) is 270 Å². The van der Waals surface area contributed by atoms with Gasteiger partial charge in [0, 0.05) is 86.2 Å². The van der Waals surface area contributed by atoms with Crippen molar-refractivity contribution < 1.29 is 4.42 Å². The molecule has 0 unspecified atom stereocenters. The third kappa shape index (κ3) is 8.51. The van der Waals surface area contributed by atoms with Crippen LogP contribution in [0.3, 0.4) is 0 Å². The molecule has 80 heavy (non-hydrogen) atoms. The van der Waals surface area contributed by atoms with E-state index in [-0.39, 0.29) is 27.6 Å². The SMILES string of the molecule is CC(C)(C)c1ccc(Nc2cc3sc4cc(CC(c5ccc(C(C)(C)C)cc5)c5ccc(C(C)(C)C)cc5)ccc4c3cc2-c2ccc3c4cc5c(cc4n4c3c2[B]c2sc3ccc(C(C)(C)C)cc3c2-4)oc2ccccc25)cc1. The molecule has 0 atom stereocenters. The fourth-order valence-corrected chi connectivity index (χ4v) is 14.9. The van der Waals surface area contributed by atoms with Crippen LogP contribution in [0.4, 0.5) is 11.4 Å². The van der Waals surface area contributed by atoms with Crippen LogP contribution in [0.15, 0.2) is 174 Å². The molecule has 14 rings (SSSR count). The van der Waals surface area contributed by atoms with E-state index in [0.29, 0.717) is 0 Å². The molecule has 0 bridgehead atoms. The lowest BCUT2D eigenvalue weighted by Gasteiger charge is -2.24. The van der Waals surface area contributed by atoms with E-state index in [1.807, 2.05) is 22.7 Å². The zero-order chi connectivity index (χ0) is 55.4. The summed E-state index contributed by atoms with van der Waals surface area (Å²) >= 11 is 3.80. The highest BCUT2D eigenvalue weighted by Crippen LogP contribution is 2.47. The van der Waals surface area contributed by atoms with Crippen LogP contribution in [-0.4, -0.2) is 11.8 Å². The Morgan fingerprint density at radius 1 is 0.463 bits per heavy atom. The molecule has 0 spiro atoms. The van der Waals surface area contributed by atoms with Crippen molar-refractivity contribution in [3.8, 4) is 16.8 Å². The zero-order valence-corrected chi connectivity index (χ0v) is 49.8. The molecule has 1 radical (unpaired) electrons. The van der Waals surface area contributed by atoms with E-state index < -0.39 is 0 Å². The Hall–Kier alpha value is -7.38. The van der Waals surface area contributed by atoms with Crippen LogP contribution in [0.1, 0.15) is 128 Å². The molecule has 0 aliphatic carbocycles. The lowest BCUT2D eigenvalue weighted by molar-refractivity contribution is 0.589. The van der Waals surface area contributed by atoms with Crippen molar-refractivity contribution in [2.45, 2.75) is 117 Å². The molecular formula is C74H68BN2OS2. The van der Waals surface area contributed by atoms with Gasteiger partial charge in [-0.25, -0.2) is 0 Å². The molecule has 1 aliphatic rings. The first-order chi connectivity index (χ1) is 38.1. The summed E-state index contributed by atoms with van der Waals surface area (Å²) in [5, 5.41) is 12.7. The fraction of sp³-hybridized carbons (Fsp3) is 0.243. The smallest absolute Gasteiger partial charge is 0.211 e. The number of benzene rings is 9. The molecule has 0 fully saturated rings. The minimum atomic E-state index is 0.00372. The summed E-state index contributed by atoms with van der Waals surface area (Å²) in [5.74, 6) is 0.210. The minimum Gasteiger partial charge on any atom is -0.456 e. The number of thiophene rings is 2. The predicted molar refractivity (Wildman–Crippen MR) is 350 cm³/mol. The normalized spacial score (nSPS) is 13.3. The standard InChI is InChI=1S/C74H68BN2OS2/c1-71(2,3)45-22-18-43(19-23-45)54(44-20-24-46(25-21-44)72(4,5)6)35-42-17-31-51-58-38-55(60(40-66(58)79-65(51)36-42)76-49-29-26-47(27-30-49)73(7,8)9)52-32-33-53-56-39-57-50-15-13-14-16-62(50)78-63(57)41-61(56)77-68(53)67(52)75-70-69(77)59-37-48(74(10,11)12)28-34-64(59)80-70/h13-34,36-41,54,76H,35H2,1-12H3. The Bertz CT molecular complexity index is 4570. The number of fused-ring (bicyclic) bond motifs is 13. The van der Waals surface area contributed by atoms with E-state index in [4.69, 9.17) is 4.42 Å². The van der Waals surface area contributed by atoms with Gasteiger partial charge in [0.25, 0.3) is 0 Å². The van der Waals surface area contributed by atoms with Crippen LogP contribution in [0.25, 0.3) is 90.8 Å². The first kappa shape index (κ1) is 50.8. The number of anilines is 2. The molecule has 3 nitrogen and oxygen atoms in total. The molecule has 6 heteroatoms. The second-order valence-corrected chi connectivity index (χ2v) is 29.1. The molecule has 0 amide bonds. The monoisotopic (exact) mass is 1080 g/mol. The first-order valence-corrected chi connectivity index (χ1v) is 30.2. The molecule has 0 saturated carbocycles. The molecule has 13 aromatic rings. The minimum absolute atomic E-state index is 0.00372. The highest BCUT2D eigenvalue weighted by atomic mass is 32.1. The van der Waals surface area contributed by atoms with Gasteiger partial charge in [-0.05, 0) is 137 Å². The fourth-order valence-electron chi connectivity index (χ4n) is 12.6. The highest BCUT2D eigenvalue weighted by Gasteiger charge is 2.32. The third-order valence-electron chi connectivity index (χ3n) is 17.3. The third-order valence-corrected chi connectivity index (χ3v) is 19.5. The van der Waals surface area contributed by atoms with E-state index in [0.717, 1.165) is 39.7 Å². The molecule has 9 aromatic carbocycles. The van der Waals surface area contributed by atoms with Crippen molar-refractivity contribution in [2.24, 2.45) is 0 Å². The van der Waals surface area contributed by atoms with Gasteiger partial charge in [0.05, 0.1) is 11.2 Å². The predicted octanol–water partition coefficient (Wildman–Crippen LogP) is 20.2. The molecule has 0 saturated heterocycles. The van der Waals surface area contributed by atoms with Gasteiger partial charge >= 0.3 is 0 Å². The van der Waals surface area contributed by atoms with E-state index in [1.165, 1.54) is 118 Å². The summed E-state index contributed by atoms with van der Waals surface area (Å²) in [7, 11) is 2.50. The Kier molecular flexibility index (Phi) is 11.5. The number of nitrogens with zero attached hydrogens (tertiary/aromatic N) is 1.